The Bertz CT molecular complexity index is 415. The van der Waals surface area contributed by atoms with Gasteiger partial charge in [0.2, 0.25) is 11.8 Å². The number of nitrogens with zero attached hydrogens (tertiary/aromatic N) is 1. The van der Waals surface area contributed by atoms with Crippen LogP contribution >= 0.6 is 0 Å². The quantitative estimate of drug-likeness (QED) is 0.626. The zero-order chi connectivity index (χ0) is 17.9. The topological polar surface area (TPSA) is 95.9 Å². The lowest BCUT2D eigenvalue weighted by Crippen LogP contribution is -2.48. The van der Waals surface area contributed by atoms with Gasteiger partial charge in [0.05, 0.1) is 6.61 Å². The van der Waals surface area contributed by atoms with Gasteiger partial charge >= 0.3 is 5.97 Å². The number of hydrogen-bond acceptors (Lipinski definition) is 4. The molecule has 0 aromatic rings. The van der Waals surface area contributed by atoms with Crippen LogP contribution in [0.5, 0.6) is 0 Å². The smallest absolute Gasteiger partial charge is 0.326 e. The second-order valence-corrected chi connectivity index (χ2v) is 6.24. The van der Waals surface area contributed by atoms with Gasteiger partial charge in [0.1, 0.15) is 6.04 Å². The third-order valence-electron chi connectivity index (χ3n) is 4.16. The van der Waals surface area contributed by atoms with E-state index < -0.39 is 17.9 Å². The minimum Gasteiger partial charge on any atom is -0.480 e. The standard InChI is InChI=1S/C17H30N2O5/c1-3-9-19(10-4-2)15(21)8-7-14(20)18-16(17(22)23)13-6-5-11-24-12-13/h13,16H,3-12H2,1-2H3,(H,18,20)(H,22,23). The summed E-state index contributed by atoms with van der Waals surface area (Å²) in [5.74, 6) is -1.72. The van der Waals surface area contributed by atoms with Gasteiger partial charge in [-0.15, -0.1) is 0 Å². The summed E-state index contributed by atoms with van der Waals surface area (Å²) < 4.78 is 5.30. The molecule has 1 heterocycles. The molecule has 0 bridgehead atoms. The van der Waals surface area contributed by atoms with Gasteiger partial charge in [-0.25, -0.2) is 4.79 Å². The van der Waals surface area contributed by atoms with Crippen molar-refractivity contribution in [3.8, 4) is 0 Å². The number of carbonyl (C=O) groups is 3. The average Bonchev–Trinajstić information content (AvgIpc) is 2.57. The fraction of sp³-hybridized carbons (Fsp3) is 0.824. The lowest BCUT2D eigenvalue weighted by molar-refractivity contribution is -0.145. The van der Waals surface area contributed by atoms with Gasteiger partial charge in [-0.3, -0.25) is 9.59 Å². The number of hydrogen-bond donors (Lipinski definition) is 2. The third-order valence-corrected chi connectivity index (χ3v) is 4.16. The number of carboxylic acid groups (broad SMARTS) is 1. The zero-order valence-electron chi connectivity index (χ0n) is 14.8. The highest BCUT2D eigenvalue weighted by Gasteiger charge is 2.31. The van der Waals surface area contributed by atoms with Crippen LogP contribution < -0.4 is 5.32 Å². The molecule has 1 aliphatic rings. The predicted octanol–water partition coefficient (Wildman–Crippen LogP) is 1.41. The summed E-state index contributed by atoms with van der Waals surface area (Å²) in [6, 6.07) is -0.949. The number of carboxylic acids is 1. The monoisotopic (exact) mass is 342 g/mol. The van der Waals surface area contributed by atoms with Gasteiger partial charge < -0.3 is 20.1 Å². The van der Waals surface area contributed by atoms with Crippen molar-refractivity contribution in [1.29, 1.82) is 0 Å². The van der Waals surface area contributed by atoms with E-state index in [4.69, 9.17) is 4.74 Å². The number of ether oxygens (including phenoxy) is 1. The highest BCUT2D eigenvalue weighted by atomic mass is 16.5. The Balaban J connectivity index is 2.47. The van der Waals surface area contributed by atoms with E-state index in [0.717, 1.165) is 25.7 Å². The Kier molecular flexibility index (Phi) is 9.37. The molecule has 2 atom stereocenters. The van der Waals surface area contributed by atoms with Crippen molar-refractivity contribution in [1.82, 2.24) is 10.2 Å². The SMILES string of the molecule is CCCN(CCC)C(=O)CCC(=O)NC(C(=O)O)C1CCCOC1. The second kappa shape index (κ2) is 11.0. The largest absolute Gasteiger partial charge is 0.480 e. The molecule has 0 radical (unpaired) electrons. The van der Waals surface area contributed by atoms with Crippen LogP contribution in [0.1, 0.15) is 52.4 Å². The highest BCUT2D eigenvalue weighted by Crippen LogP contribution is 2.18. The third kappa shape index (κ3) is 6.86. The first-order chi connectivity index (χ1) is 11.5. The number of amides is 2. The molecule has 0 saturated carbocycles. The first-order valence-electron chi connectivity index (χ1n) is 8.87. The Labute approximate surface area is 143 Å². The summed E-state index contributed by atoms with van der Waals surface area (Å²) >= 11 is 0. The van der Waals surface area contributed by atoms with Gasteiger partial charge in [-0.05, 0) is 25.7 Å². The van der Waals surface area contributed by atoms with Crippen molar-refractivity contribution in [3.63, 3.8) is 0 Å². The van der Waals surface area contributed by atoms with E-state index in [0.29, 0.717) is 26.3 Å². The zero-order valence-corrected chi connectivity index (χ0v) is 14.8. The summed E-state index contributed by atoms with van der Waals surface area (Å²) in [5, 5.41) is 11.9. The normalized spacial score (nSPS) is 18.7. The van der Waals surface area contributed by atoms with Crippen molar-refractivity contribution in [2.24, 2.45) is 5.92 Å². The molecule has 0 aromatic carbocycles. The van der Waals surface area contributed by atoms with E-state index >= 15 is 0 Å². The molecular weight excluding hydrogens is 312 g/mol. The fourth-order valence-corrected chi connectivity index (χ4v) is 2.93. The maximum absolute atomic E-state index is 12.2. The minimum absolute atomic E-state index is 0.0140. The number of rotatable bonds is 10. The fourth-order valence-electron chi connectivity index (χ4n) is 2.93. The maximum atomic E-state index is 12.2. The molecule has 2 amide bonds. The Morgan fingerprint density at radius 3 is 2.38 bits per heavy atom. The van der Waals surface area contributed by atoms with Crippen molar-refractivity contribution in [2.45, 2.75) is 58.4 Å². The summed E-state index contributed by atoms with van der Waals surface area (Å²) in [5.41, 5.74) is 0. The predicted molar refractivity (Wildman–Crippen MR) is 89.5 cm³/mol. The molecule has 1 fully saturated rings. The van der Waals surface area contributed by atoms with Crippen molar-refractivity contribution >= 4 is 17.8 Å². The molecule has 0 spiro atoms. The van der Waals surface area contributed by atoms with Gasteiger partial charge in [-0.2, -0.15) is 0 Å². The van der Waals surface area contributed by atoms with Crippen LogP contribution in [0.25, 0.3) is 0 Å². The minimum atomic E-state index is -1.05. The number of carbonyl (C=O) groups excluding carboxylic acids is 2. The number of nitrogens with one attached hydrogen (secondary N) is 1. The maximum Gasteiger partial charge on any atom is 0.326 e. The molecule has 138 valence electrons. The molecule has 0 aliphatic carbocycles. The summed E-state index contributed by atoms with van der Waals surface area (Å²) in [6.07, 6.45) is 3.39. The van der Waals surface area contributed by atoms with Crippen LogP contribution in [0.15, 0.2) is 0 Å². The van der Waals surface area contributed by atoms with Gasteiger partial charge in [0, 0.05) is 38.5 Å². The lowest BCUT2D eigenvalue weighted by atomic mass is 9.93. The molecule has 2 N–H and O–H groups in total. The Hall–Kier alpha value is -1.63. The van der Waals surface area contributed by atoms with E-state index in [1.54, 1.807) is 4.90 Å². The van der Waals surface area contributed by atoms with Crippen LogP contribution in [0.4, 0.5) is 0 Å². The number of aliphatic carboxylic acids is 1. The van der Waals surface area contributed by atoms with Crippen LogP contribution in [0.2, 0.25) is 0 Å². The van der Waals surface area contributed by atoms with Crippen molar-refractivity contribution in [2.75, 3.05) is 26.3 Å². The van der Waals surface area contributed by atoms with Gasteiger partial charge in [0.15, 0.2) is 0 Å². The molecule has 7 heteroatoms. The van der Waals surface area contributed by atoms with E-state index in [1.165, 1.54) is 0 Å². The molecule has 2 unspecified atom stereocenters. The van der Waals surface area contributed by atoms with Crippen LogP contribution in [0.3, 0.4) is 0 Å². The van der Waals surface area contributed by atoms with E-state index in [-0.39, 0.29) is 24.7 Å². The summed E-state index contributed by atoms with van der Waals surface area (Å²) in [6.45, 7) is 6.36. The highest BCUT2D eigenvalue weighted by molar-refractivity contribution is 5.87. The van der Waals surface area contributed by atoms with Gasteiger partial charge in [-0.1, -0.05) is 13.8 Å². The van der Waals surface area contributed by atoms with Gasteiger partial charge in [0.25, 0.3) is 0 Å². The molecular formula is C17H30N2O5. The summed E-state index contributed by atoms with van der Waals surface area (Å²) in [4.78, 5) is 37.4. The molecule has 7 nitrogen and oxygen atoms in total. The lowest BCUT2D eigenvalue weighted by Gasteiger charge is -2.28. The first-order valence-corrected chi connectivity index (χ1v) is 8.87. The molecule has 1 saturated heterocycles. The Morgan fingerprint density at radius 1 is 1.21 bits per heavy atom. The molecule has 1 rings (SSSR count). The van der Waals surface area contributed by atoms with E-state index in [2.05, 4.69) is 5.32 Å². The first kappa shape index (κ1) is 20.4. The van der Waals surface area contributed by atoms with Crippen molar-refractivity contribution in [3.05, 3.63) is 0 Å². The Morgan fingerprint density at radius 2 is 1.88 bits per heavy atom. The average molecular weight is 342 g/mol. The van der Waals surface area contributed by atoms with Crippen LogP contribution in [-0.4, -0.2) is 60.1 Å². The molecule has 24 heavy (non-hydrogen) atoms. The van der Waals surface area contributed by atoms with E-state index in [9.17, 15) is 19.5 Å². The van der Waals surface area contributed by atoms with Crippen LogP contribution in [0, 0.1) is 5.92 Å². The van der Waals surface area contributed by atoms with Crippen molar-refractivity contribution < 1.29 is 24.2 Å². The van der Waals surface area contributed by atoms with Crippen LogP contribution in [-0.2, 0) is 19.1 Å². The molecule has 1 aliphatic heterocycles. The second-order valence-electron chi connectivity index (χ2n) is 6.24. The molecule has 0 aromatic heterocycles. The summed E-state index contributed by atoms with van der Waals surface area (Å²) in [7, 11) is 0. The van der Waals surface area contributed by atoms with E-state index in [1.807, 2.05) is 13.8 Å².